The molecule has 0 saturated heterocycles. The van der Waals surface area contributed by atoms with Gasteiger partial charge in [0, 0.05) is 17.8 Å². The predicted molar refractivity (Wildman–Crippen MR) is 177 cm³/mol. The van der Waals surface area contributed by atoms with Gasteiger partial charge in [0.1, 0.15) is 6.61 Å². The molecule has 0 radical (unpaired) electrons. The zero-order valence-corrected chi connectivity index (χ0v) is 25.9. The largest absolute Gasteiger partial charge is 0.490 e. The molecule has 0 unspecified atom stereocenters. The number of benzene rings is 4. The summed E-state index contributed by atoms with van der Waals surface area (Å²) >= 11 is 2.32. The van der Waals surface area contributed by atoms with Gasteiger partial charge in [-0.2, -0.15) is 0 Å². The third-order valence-corrected chi connectivity index (χ3v) is 8.77. The van der Waals surface area contributed by atoms with Gasteiger partial charge in [-0.1, -0.05) is 71.8 Å². The molecule has 2 aliphatic rings. The molecule has 4 aromatic rings. The Morgan fingerprint density at radius 3 is 2.49 bits per heavy atom. The number of aliphatic imine (C=N–C) groups is 1. The summed E-state index contributed by atoms with van der Waals surface area (Å²) in [7, 11) is 0. The summed E-state index contributed by atoms with van der Waals surface area (Å²) in [6.45, 7) is 7.31. The first kappa shape index (κ1) is 27.6. The van der Waals surface area contributed by atoms with Gasteiger partial charge in [0.15, 0.2) is 11.5 Å². The normalized spacial score (nSPS) is 19.1. The minimum absolute atomic E-state index is 0.283. The highest BCUT2D eigenvalue weighted by Crippen LogP contribution is 2.50. The lowest BCUT2D eigenvalue weighted by Crippen LogP contribution is -2.29. The van der Waals surface area contributed by atoms with E-state index in [-0.39, 0.29) is 6.04 Å². The van der Waals surface area contributed by atoms with E-state index in [4.69, 9.17) is 14.5 Å². The first-order valence-electron chi connectivity index (χ1n) is 14.3. The van der Waals surface area contributed by atoms with Crippen molar-refractivity contribution in [2.75, 3.05) is 11.9 Å². The number of fused-ring (bicyclic) bond motifs is 3. The van der Waals surface area contributed by atoms with Gasteiger partial charge < -0.3 is 14.8 Å². The molecule has 0 spiro atoms. The molecular weight excluding hydrogens is 619 g/mol. The first-order chi connectivity index (χ1) is 20.0. The van der Waals surface area contributed by atoms with Gasteiger partial charge in [-0.15, -0.1) is 0 Å². The van der Waals surface area contributed by atoms with Crippen LogP contribution in [0.5, 0.6) is 11.5 Å². The number of hydrogen-bond donors (Lipinski definition) is 1. The lowest BCUT2D eigenvalue weighted by Gasteiger charge is -2.37. The molecule has 1 aliphatic carbocycles. The van der Waals surface area contributed by atoms with Crippen molar-refractivity contribution >= 4 is 40.2 Å². The molecule has 4 aromatic carbocycles. The van der Waals surface area contributed by atoms with Crippen LogP contribution in [-0.2, 0) is 6.61 Å². The van der Waals surface area contributed by atoms with Gasteiger partial charge in [-0.3, -0.25) is 4.99 Å². The summed E-state index contributed by atoms with van der Waals surface area (Å²) < 4.78 is 13.2. The van der Waals surface area contributed by atoms with Crippen molar-refractivity contribution in [1.29, 1.82) is 0 Å². The van der Waals surface area contributed by atoms with Gasteiger partial charge >= 0.3 is 0 Å². The van der Waals surface area contributed by atoms with Crippen LogP contribution in [0.1, 0.15) is 58.7 Å². The smallest absolute Gasteiger partial charge is 0.175 e. The van der Waals surface area contributed by atoms with Crippen molar-refractivity contribution in [1.82, 2.24) is 0 Å². The molecule has 6 rings (SSSR count). The Balaban J connectivity index is 1.17. The summed E-state index contributed by atoms with van der Waals surface area (Å²) in [5.41, 5.74) is 9.57. The third-order valence-electron chi connectivity index (χ3n) is 7.97. The monoisotopic (exact) mass is 654 g/mol. The van der Waals surface area contributed by atoms with E-state index in [0.717, 1.165) is 38.3 Å². The maximum atomic E-state index is 6.21. The number of nitrogens with one attached hydrogen (secondary N) is 1. The van der Waals surface area contributed by atoms with Crippen LogP contribution in [0.3, 0.4) is 0 Å². The average Bonchev–Trinajstić information content (AvgIpc) is 3.47. The fraction of sp³-hybridized carbons (Fsp3) is 0.250. The topological polar surface area (TPSA) is 42.8 Å². The molecule has 3 atom stereocenters. The van der Waals surface area contributed by atoms with Crippen LogP contribution in [0.2, 0.25) is 0 Å². The maximum absolute atomic E-state index is 6.21. The third kappa shape index (κ3) is 6.05. The number of halogens is 1. The Hall–Kier alpha value is -3.58. The molecule has 1 aliphatic heterocycles. The summed E-state index contributed by atoms with van der Waals surface area (Å²) in [4.78, 5) is 4.79. The van der Waals surface area contributed by atoms with E-state index < -0.39 is 0 Å². The van der Waals surface area contributed by atoms with E-state index in [0.29, 0.717) is 25.0 Å². The number of hydrogen-bond acceptors (Lipinski definition) is 4. The molecule has 41 heavy (non-hydrogen) atoms. The number of ether oxygens (including phenoxy) is 2. The Kier molecular flexibility index (Phi) is 8.15. The second-order valence-electron chi connectivity index (χ2n) is 11.0. The van der Waals surface area contributed by atoms with Crippen molar-refractivity contribution in [3.05, 3.63) is 128 Å². The molecule has 0 aromatic heterocycles. The number of anilines is 1. The number of allylic oxidation sites excluding steroid dienone is 2. The standard InChI is InChI=1S/C36H35IN2O2/c1-4-40-34-20-26(19-32(37)36(34)41-22-25-11-8-23(2)9-12-25)21-38-28-15-13-27(14-16-28)35-30-7-5-6-29(30)31-18-24(3)10-17-33(31)39-35/h5-6,8-21,29-30,35,39H,4,7,22H2,1-3H3/t29-,30+,35-/m0/s1. The van der Waals surface area contributed by atoms with Crippen molar-refractivity contribution < 1.29 is 9.47 Å². The molecule has 208 valence electrons. The average molecular weight is 655 g/mol. The van der Waals surface area contributed by atoms with E-state index >= 15 is 0 Å². The van der Waals surface area contributed by atoms with Gasteiger partial charge in [0.05, 0.1) is 21.9 Å². The quantitative estimate of drug-likeness (QED) is 0.117. The molecule has 1 heterocycles. The second kappa shape index (κ2) is 12.1. The van der Waals surface area contributed by atoms with Crippen molar-refractivity contribution in [2.24, 2.45) is 10.9 Å². The molecule has 5 heteroatoms. The maximum Gasteiger partial charge on any atom is 0.175 e. The molecule has 0 saturated carbocycles. The van der Waals surface area contributed by atoms with Crippen molar-refractivity contribution in [3.8, 4) is 11.5 Å². The van der Waals surface area contributed by atoms with Crippen LogP contribution in [0.15, 0.2) is 96.0 Å². The van der Waals surface area contributed by atoms with Crippen LogP contribution in [0, 0.1) is 23.3 Å². The van der Waals surface area contributed by atoms with Crippen LogP contribution >= 0.6 is 22.6 Å². The zero-order chi connectivity index (χ0) is 28.3. The van der Waals surface area contributed by atoms with Crippen LogP contribution in [0.25, 0.3) is 0 Å². The number of nitrogens with zero attached hydrogens (tertiary/aromatic N) is 1. The lowest BCUT2D eigenvalue weighted by atomic mass is 9.76. The summed E-state index contributed by atoms with van der Waals surface area (Å²) in [5.74, 6) is 2.51. The predicted octanol–water partition coefficient (Wildman–Crippen LogP) is 9.46. The van der Waals surface area contributed by atoms with Crippen LogP contribution in [-0.4, -0.2) is 12.8 Å². The minimum Gasteiger partial charge on any atom is -0.490 e. The van der Waals surface area contributed by atoms with Gasteiger partial charge in [-0.25, -0.2) is 0 Å². The van der Waals surface area contributed by atoms with E-state index in [1.54, 1.807) is 0 Å². The highest BCUT2D eigenvalue weighted by molar-refractivity contribution is 14.1. The molecule has 0 fully saturated rings. The lowest BCUT2D eigenvalue weighted by molar-refractivity contribution is 0.267. The molecular formula is C36H35IN2O2. The van der Waals surface area contributed by atoms with Gasteiger partial charge in [0.2, 0.25) is 0 Å². The molecule has 4 nitrogen and oxygen atoms in total. The molecule has 1 N–H and O–H groups in total. The highest BCUT2D eigenvalue weighted by atomic mass is 127. The van der Waals surface area contributed by atoms with Crippen molar-refractivity contribution in [2.45, 2.75) is 45.8 Å². The van der Waals surface area contributed by atoms with Crippen LogP contribution < -0.4 is 14.8 Å². The van der Waals surface area contributed by atoms with Gasteiger partial charge in [0.25, 0.3) is 0 Å². The van der Waals surface area contributed by atoms with Crippen LogP contribution in [0.4, 0.5) is 11.4 Å². The SMILES string of the molecule is CCOc1cc(C=Nc2ccc([C@@H]3Nc4ccc(C)cc4[C@H]4C=CC[C@H]43)cc2)cc(I)c1OCc1ccc(C)cc1. The highest BCUT2D eigenvalue weighted by Gasteiger charge is 2.37. The van der Waals surface area contributed by atoms with E-state index in [2.05, 4.69) is 127 Å². The molecule has 0 amide bonds. The first-order valence-corrected chi connectivity index (χ1v) is 15.4. The Morgan fingerprint density at radius 2 is 1.71 bits per heavy atom. The number of aryl methyl sites for hydroxylation is 2. The van der Waals surface area contributed by atoms with E-state index in [1.807, 2.05) is 19.2 Å². The minimum atomic E-state index is 0.283. The Labute approximate surface area is 256 Å². The summed E-state index contributed by atoms with van der Waals surface area (Å²) in [5, 5.41) is 3.84. The van der Waals surface area contributed by atoms with E-state index in [1.165, 1.54) is 27.9 Å². The fourth-order valence-electron chi connectivity index (χ4n) is 5.87. The fourth-order valence-corrected chi connectivity index (χ4v) is 6.65. The molecule has 0 bridgehead atoms. The van der Waals surface area contributed by atoms with Crippen molar-refractivity contribution in [3.63, 3.8) is 0 Å². The Bertz CT molecular complexity index is 1590. The zero-order valence-electron chi connectivity index (χ0n) is 23.7. The second-order valence-corrected chi connectivity index (χ2v) is 12.1. The number of rotatable bonds is 8. The van der Waals surface area contributed by atoms with E-state index in [9.17, 15) is 0 Å². The Morgan fingerprint density at radius 1 is 0.927 bits per heavy atom. The summed E-state index contributed by atoms with van der Waals surface area (Å²) in [6, 6.07) is 28.2. The van der Waals surface area contributed by atoms with Gasteiger partial charge in [-0.05, 0) is 108 Å². The summed E-state index contributed by atoms with van der Waals surface area (Å²) in [6.07, 6.45) is 7.74.